The van der Waals surface area contributed by atoms with E-state index in [1.165, 1.54) is 11.2 Å². The molecule has 32 heavy (non-hydrogen) atoms. The Morgan fingerprint density at radius 3 is 2.50 bits per heavy atom. The summed E-state index contributed by atoms with van der Waals surface area (Å²) in [6, 6.07) is 17.4. The van der Waals surface area contributed by atoms with Crippen LogP contribution in [0, 0.1) is 0 Å². The number of carbonyl (C=O) groups excluding carboxylic acids is 2. The molecule has 3 aromatic rings. The lowest BCUT2D eigenvalue weighted by Crippen LogP contribution is -2.29. The van der Waals surface area contributed by atoms with Crippen LogP contribution in [0.25, 0.3) is 5.76 Å². The fourth-order valence-electron chi connectivity index (χ4n) is 3.95. The molecule has 1 aromatic heterocycles. The molecule has 1 saturated heterocycles. The van der Waals surface area contributed by atoms with Crippen LogP contribution >= 0.6 is 0 Å². The molecule has 0 saturated carbocycles. The fourth-order valence-corrected chi connectivity index (χ4v) is 3.95. The second kappa shape index (κ2) is 9.14. The van der Waals surface area contributed by atoms with Crippen molar-refractivity contribution in [3.05, 3.63) is 95.0 Å². The number of hydrogen-bond acceptors (Lipinski definition) is 5. The molecule has 0 bridgehead atoms. The molecule has 1 aliphatic heterocycles. The first-order chi connectivity index (χ1) is 15.5. The zero-order valence-electron chi connectivity index (χ0n) is 18.1. The van der Waals surface area contributed by atoms with Crippen LogP contribution in [0.5, 0.6) is 5.75 Å². The Balaban J connectivity index is 1.84. The maximum Gasteiger partial charge on any atom is 0.296 e. The molecule has 1 fully saturated rings. The number of Topliss-reactive ketones (excluding diaryl/α,β-unsaturated/α-hetero) is 1. The Bertz CT molecular complexity index is 1150. The van der Waals surface area contributed by atoms with Crippen molar-refractivity contribution in [2.45, 2.75) is 32.9 Å². The third-order valence-electron chi connectivity index (χ3n) is 5.57. The van der Waals surface area contributed by atoms with Gasteiger partial charge in [-0.2, -0.15) is 0 Å². The molecule has 2 aromatic carbocycles. The highest BCUT2D eigenvalue weighted by Gasteiger charge is 2.46. The first-order valence-corrected chi connectivity index (χ1v) is 10.7. The first kappa shape index (κ1) is 21.4. The summed E-state index contributed by atoms with van der Waals surface area (Å²) in [6.45, 7) is 4.52. The van der Waals surface area contributed by atoms with E-state index in [-0.39, 0.29) is 17.9 Å². The molecule has 1 N–H and O–H groups in total. The number of rotatable bonds is 7. The zero-order valence-corrected chi connectivity index (χ0v) is 18.1. The highest BCUT2D eigenvalue weighted by molar-refractivity contribution is 6.46. The van der Waals surface area contributed by atoms with Gasteiger partial charge in [-0.25, -0.2) is 0 Å². The molecular weight excluding hydrogens is 406 g/mol. The van der Waals surface area contributed by atoms with Gasteiger partial charge in [0.05, 0.1) is 31.0 Å². The highest BCUT2D eigenvalue weighted by Crippen LogP contribution is 2.40. The van der Waals surface area contributed by atoms with E-state index in [0.717, 1.165) is 17.5 Å². The second-order valence-corrected chi connectivity index (χ2v) is 7.56. The van der Waals surface area contributed by atoms with Gasteiger partial charge in [0.25, 0.3) is 11.7 Å². The van der Waals surface area contributed by atoms with E-state index in [0.29, 0.717) is 23.7 Å². The average Bonchev–Trinajstić information content (AvgIpc) is 3.41. The Morgan fingerprint density at radius 2 is 1.84 bits per heavy atom. The molecule has 1 atom stereocenters. The fraction of sp³-hybridized carbons (Fsp3) is 0.231. The van der Waals surface area contributed by atoms with Crippen molar-refractivity contribution in [3.63, 3.8) is 0 Å². The summed E-state index contributed by atoms with van der Waals surface area (Å²) in [6.07, 6.45) is 2.40. The van der Waals surface area contributed by atoms with Gasteiger partial charge >= 0.3 is 0 Å². The van der Waals surface area contributed by atoms with E-state index in [4.69, 9.17) is 9.15 Å². The monoisotopic (exact) mass is 431 g/mol. The molecule has 1 amide bonds. The molecule has 4 rings (SSSR count). The van der Waals surface area contributed by atoms with E-state index < -0.39 is 17.7 Å². The summed E-state index contributed by atoms with van der Waals surface area (Å²) in [5, 5.41) is 11.2. The molecule has 0 aliphatic carbocycles. The van der Waals surface area contributed by atoms with Crippen molar-refractivity contribution in [1.29, 1.82) is 0 Å². The molecular formula is C26H25NO5. The summed E-state index contributed by atoms with van der Waals surface area (Å²) in [7, 11) is 0. The van der Waals surface area contributed by atoms with Crippen LogP contribution in [0.15, 0.2) is 76.9 Å². The van der Waals surface area contributed by atoms with Crippen molar-refractivity contribution >= 4 is 17.4 Å². The summed E-state index contributed by atoms with van der Waals surface area (Å²) in [4.78, 5) is 27.6. The summed E-state index contributed by atoms with van der Waals surface area (Å²) >= 11 is 0. The topological polar surface area (TPSA) is 80.0 Å². The van der Waals surface area contributed by atoms with Gasteiger partial charge in [0.1, 0.15) is 17.3 Å². The second-order valence-electron chi connectivity index (χ2n) is 7.56. The minimum absolute atomic E-state index is 0.0550. The average molecular weight is 431 g/mol. The standard InChI is InChI=1S/C26H25NO5/c1-3-17-10-12-18(13-11-17)23-22(24(28)19-7-5-8-20(15-19)31-4-2)25(29)26(30)27(23)16-21-9-6-14-32-21/h5-15,23,28H,3-4,16H2,1-2H3/b24-22-. The number of amides is 1. The van der Waals surface area contributed by atoms with Crippen LogP contribution in [-0.4, -0.2) is 28.3 Å². The summed E-state index contributed by atoms with van der Waals surface area (Å²) < 4.78 is 10.9. The molecule has 0 spiro atoms. The number of aryl methyl sites for hydroxylation is 1. The number of ether oxygens (including phenoxy) is 1. The lowest BCUT2D eigenvalue weighted by atomic mass is 9.94. The maximum atomic E-state index is 13.1. The van der Waals surface area contributed by atoms with Crippen molar-refractivity contribution < 1.29 is 23.8 Å². The Labute approximate surface area is 186 Å². The van der Waals surface area contributed by atoms with Crippen molar-refractivity contribution in [2.24, 2.45) is 0 Å². The minimum Gasteiger partial charge on any atom is -0.507 e. The minimum atomic E-state index is -0.734. The van der Waals surface area contributed by atoms with Gasteiger partial charge in [-0.15, -0.1) is 0 Å². The maximum absolute atomic E-state index is 13.1. The van der Waals surface area contributed by atoms with E-state index in [1.54, 1.807) is 36.4 Å². The number of aliphatic hydroxyl groups is 1. The lowest BCUT2D eigenvalue weighted by molar-refractivity contribution is -0.140. The van der Waals surface area contributed by atoms with E-state index in [9.17, 15) is 14.7 Å². The van der Waals surface area contributed by atoms with Crippen molar-refractivity contribution in [3.8, 4) is 5.75 Å². The largest absolute Gasteiger partial charge is 0.507 e. The lowest BCUT2D eigenvalue weighted by Gasteiger charge is -2.24. The number of aliphatic hydroxyl groups excluding tert-OH is 1. The smallest absolute Gasteiger partial charge is 0.296 e. The quantitative estimate of drug-likeness (QED) is 0.328. The summed E-state index contributed by atoms with van der Waals surface area (Å²) in [5.74, 6) is -0.490. The SMILES string of the molecule is CCOc1cccc(/C(O)=C2/C(=O)C(=O)N(Cc3ccco3)C2c2ccc(CC)cc2)c1. The molecule has 6 heteroatoms. The van der Waals surface area contributed by atoms with Crippen LogP contribution in [0.1, 0.15) is 42.3 Å². The number of ketones is 1. The molecule has 1 unspecified atom stereocenters. The van der Waals surface area contributed by atoms with Gasteiger partial charge in [-0.3, -0.25) is 9.59 Å². The van der Waals surface area contributed by atoms with Crippen LogP contribution in [-0.2, 0) is 22.6 Å². The van der Waals surface area contributed by atoms with Gasteiger partial charge in [-0.05, 0) is 48.7 Å². The van der Waals surface area contributed by atoms with Crippen LogP contribution < -0.4 is 4.74 Å². The third kappa shape index (κ3) is 4.04. The predicted molar refractivity (Wildman–Crippen MR) is 120 cm³/mol. The van der Waals surface area contributed by atoms with Crippen LogP contribution in [0.2, 0.25) is 0 Å². The van der Waals surface area contributed by atoms with Gasteiger partial charge < -0.3 is 19.2 Å². The van der Waals surface area contributed by atoms with Gasteiger partial charge in [0.2, 0.25) is 0 Å². The van der Waals surface area contributed by atoms with E-state index in [1.807, 2.05) is 31.2 Å². The van der Waals surface area contributed by atoms with Crippen molar-refractivity contribution in [1.82, 2.24) is 4.90 Å². The number of nitrogens with zero attached hydrogens (tertiary/aromatic N) is 1. The third-order valence-corrected chi connectivity index (χ3v) is 5.57. The normalized spacial score (nSPS) is 17.7. The summed E-state index contributed by atoms with van der Waals surface area (Å²) in [5.41, 5.74) is 2.36. The highest BCUT2D eigenvalue weighted by atomic mass is 16.5. The number of benzene rings is 2. The number of likely N-dealkylation sites (tertiary alicyclic amines) is 1. The molecule has 164 valence electrons. The zero-order chi connectivity index (χ0) is 22.7. The van der Waals surface area contributed by atoms with E-state index >= 15 is 0 Å². The molecule has 2 heterocycles. The van der Waals surface area contributed by atoms with Crippen LogP contribution in [0.4, 0.5) is 0 Å². The number of carbonyl (C=O) groups is 2. The molecule has 1 aliphatic rings. The number of furan rings is 1. The van der Waals surface area contributed by atoms with E-state index in [2.05, 4.69) is 6.92 Å². The Kier molecular flexibility index (Phi) is 6.12. The Morgan fingerprint density at radius 1 is 1.06 bits per heavy atom. The molecule has 6 nitrogen and oxygen atoms in total. The van der Waals surface area contributed by atoms with Crippen molar-refractivity contribution in [2.75, 3.05) is 6.61 Å². The van der Waals surface area contributed by atoms with Gasteiger partial charge in [-0.1, -0.05) is 43.3 Å². The predicted octanol–water partition coefficient (Wildman–Crippen LogP) is 4.86. The Hall–Kier alpha value is -3.80. The number of hydrogen-bond donors (Lipinski definition) is 1. The van der Waals surface area contributed by atoms with Gasteiger partial charge in [0, 0.05) is 5.56 Å². The first-order valence-electron chi connectivity index (χ1n) is 10.7. The van der Waals surface area contributed by atoms with Gasteiger partial charge in [0.15, 0.2) is 0 Å². The van der Waals surface area contributed by atoms with Crippen LogP contribution in [0.3, 0.4) is 0 Å². The molecule has 0 radical (unpaired) electrons.